The van der Waals surface area contributed by atoms with Crippen molar-refractivity contribution in [3.63, 3.8) is 0 Å². The lowest BCUT2D eigenvalue weighted by atomic mass is 10.1. The van der Waals surface area contributed by atoms with Crippen molar-refractivity contribution >= 4 is 29.2 Å². The lowest BCUT2D eigenvalue weighted by Gasteiger charge is -2.16. The van der Waals surface area contributed by atoms with Crippen LogP contribution >= 0.6 is 12.4 Å². The van der Waals surface area contributed by atoms with Crippen LogP contribution in [0.3, 0.4) is 0 Å². The predicted octanol–water partition coefficient (Wildman–Crippen LogP) is 1.93. The fraction of sp³-hybridized carbons (Fsp3) is 0.550. The molecule has 3 N–H and O–H groups in total. The second-order valence-electron chi connectivity index (χ2n) is 7.17. The molecular weight excluding hydrogens is 380 g/mol. The molecule has 154 valence electrons. The number of amides is 1. The van der Waals surface area contributed by atoms with Gasteiger partial charge in [-0.2, -0.15) is 0 Å². The summed E-state index contributed by atoms with van der Waals surface area (Å²) in [6.07, 6.45) is 7.85. The standard InChI is InChI=1S/C20H28N4O3.ClH/c25-18(22-13-12-21-15-7-3-1-2-4-8-15)11-14-24-17-10-6-5-9-16(17)19(26)23-20(24)27;/h5-6,9-10,15,21H,1-4,7-8,11-14H2,(H,22,25)(H,23,26,27);1H. The molecule has 28 heavy (non-hydrogen) atoms. The molecule has 1 amide bonds. The molecule has 0 aliphatic heterocycles. The van der Waals surface area contributed by atoms with Crippen molar-refractivity contribution in [1.29, 1.82) is 0 Å². The molecule has 3 rings (SSSR count). The van der Waals surface area contributed by atoms with Gasteiger partial charge in [0.25, 0.3) is 5.56 Å². The Hall–Kier alpha value is -2.12. The van der Waals surface area contributed by atoms with Crippen molar-refractivity contribution < 1.29 is 4.79 Å². The molecule has 1 heterocycles. The molecule has 0 atom stereocenters. The topological polar surface area (TPSA) is 96.0 Å². The summed E-state index contributed by atoms with van der Waals surface area (Å²) in [5.74, 6) is -0.0974. The van der Waals surface area contributed by atoms with Gasteiger partial charge in [-0.3, -0.25) is 19.1 Å². The first-order chi connectivity index (χ1) is 13.1. The largest absolute Gasteiger partial charge is 0.355 e. The SMILES string of the molecule is Cl.O=C(CCn1c(=O)[nH]c(=O)c2ccccc21)NCCNC1CCCCCC1. The maximum atomic E-state index is 12.1. The summed E-state index contributed by atoms with van der Waals surface area (Å²) in [5, 5.41) is 6.87. The fourth-order valence-electron chi connectivity index (χ4n) is 3.73. The van der Waals surface area contributed by atoms with E-state index < -0.39 is 11.2 Å². The predicted molar refractivity (Wildman–Crippen MR) is 113 cm³/mol. The normalized spacial score (nSPS) is 15.0. The number of carbonyl (C=O) groups is 1. The highest BCUT2D eigenvalue weighted by Crippen LogP contribution is 2.16. The third-order valence-corrected chi connectivity index (χ3v) is 5.20. The van der Waals surface area contributed by atoms with Crippen LogP contribution in [0.4, 0.5) is 0 Å². The van der Waals surface area contributed by atoms with E-state index in [1.807, 2.05) is 0 Å². The first-order valence-electron chi connectivity index (χ1n) is 9.87. The molecule has 0 bridgehead atoms. The molecule has 1 aliphatic carbocycles. The molecule has 0 radical (unpaired) electrons. The van der Waals surface area contributed by atoms with E-state index in [0.717, 1.165) is 6.54 Å². The first kappa shape index (κ1) is 22.2. The second kappa shape index (κ2) is 11.0. The van der Waals surface area contributed by atoms with E-state index in [4.69, 9.17) is 0 Å². The van der Waals surface area contributed by atoms with E-state index >= 15 is 0 Å². The van der Waals surface area contributed by atoms with Gasteiger partial charge in [0.05, 0.1) is 10.9 Å². The molecule has 0 saturated heterocycles. The van der Waals surface area contributed by atoms with Gasteiger partial charge in [0, 0.05) is 32.1 Å². The van der Waals surface area contributed by atoms with Gasteiger partial charge in [-0.1, -0.05) is 37.8 Å². The number of fused-ring (bicyclic) bond motifs is 1. The number of hydrogen-bond acceptors (Lipinski definition) is 4. The van der Waals surface area contributed by atoms with Gasteiger partial charge in [-0.15, -0.1) is 12.4 Å². The lowest BCUT2D eigenvalue weighted by Crippen LogP contribution is -2.37. The van der Waals surface area contributed by atoms with Crippen LogP contribution in [0.15, 0.2) is 33.9 Å². The summed E-state index contributed by atoms with van der Waals surface area (Å²) in [4.78, 5) is 38.4. The number of aryl methyl sites for hydroxylation is 1. The highest BCUT2D eigenvalue weighted by Gasteiger charge is 2.12. The van der Waals surface area contributed by atoms with Crippen molar-refractivity contribution in [2.24, 2.45) is 0 Å². The minimum Gasteiger partial charge on any atom is -0.355 e. The number of carbonyl (C=O) groups excluding carboxylic acids is 1. The molecule has 0 spiro atoms. The van der Waals surface area contributed by atoms with Crippen LogP contribution in [0.25, 0.3) is 10.9 Å². The van der Waals surface area contributed by atoms with Crippen LogP contribution in [0.1, 0.15) is 44.9 Å². The molecule has 1 aromatic heterocycles. The van der Waals surface area contributed by atoms with Crippen LogP contribution in [0.2, 0.25) is 0 Å². The number of H-pyrrole nitrogens is 1. The van der Waals surface area contributed by atoms with E-state index in [-0.39, 0.29) is 31.3 Å². The summed E-state index contributed by atoms with van der Waals surface area (Å²) in [5.41, 5.74) is -0.337. The van der Waals surface area contributed by atoms with Gasteiger partial charge in [0.1, 0.15) is 0 Å². The smallest absolute Gasteiger partial charge is 0.328 e. The van der Waals surface area contributed by atoms with Crippen LogP contribution < -0.4 is 21.9 Å². The summed E-state index contributed by atoms with van der Waals surface area (Å²) >= 11 is 0. The van der Waals surface area contributed by atoms with Crippen LogP contribution in [0.5, 0.6) is 0 Å². The van der Waals surface area contributed by atoms with Crippen LogP contribution in [-0.2, 0) is 11.3 Å². The minimum absolute atomic E-state index is 0. The lowest BCUT2D eigenvalue weighted by molar-refractivity contribution is -0.121. The van der Waals surface area contributed by atoms with Gasteiger partial charge in [-0.05, 0) is 25.0 Å². The van der Waals surface area contributed by atoms with Crippen molar-refractivity contribution in [2.45, 2.75) is 57.5 Å². The highest BCUT2D eigenvalue weighted by atomic mass is 35.5. The number of halogens is 1. The summed E-state index contributed by atoms with van der Waals surface area (Å²) < 4.78 is 1.44. The molecule has 0 unspecified atom stereocenters. The van der Waals surface area contributed by atoms with Crippen molar-refractivity contribution in [1.82, 2.24) is 20.2 Å². The Bertz CT molecular complexity index is 885. The van der Waals surface area contributed by atoms with E-state index in [9.17, 15) is 14.4 Å². The Kier molecular flexibility index (Phi) is 8.73. The number of nitrogens with zero attached hydrogens (tertiary/aromatic N) is 1. The Morgan fingerprint density at radius 3 is 2.54 bits per heavy atom. The molecular formula is C20H29ClN4O3. The second-order valence-corrected chi connectivity index (χ2v) is 7.17. The van der Waals surface area contributed by atoms with Gasteiger partial charge in [-0.25, -0.2) is 4.79 Å². The number of nitrogens with one attached hydrogen (secondary N) is 3. The number of aromatic amines is 1. The zero-order valence-electron chi connectivity index (χ0n) is 16.0. The van der Waals surface area contributed by atoms with E-state index in [1.165, 1.54) is 43.1 Å². The van der Waals surface area contributed by atoms with Gasteiger partial charge in [0.15, 0.2) is 0 Å². The van der Waals surface area contributed by atoms with Crippen molar-refractivity contribution in [3.05, 3.63) is 45.1 Å². The molecule has 8 heteroatoms. The Balaban J connectivity index is 0.00000280. The molecule has 7 nitrogen and oxygen atoms in total. The zero-order valence-corrected chi connectivity index (χ0v) is 16.9. The van der Waals surface area contributed by atoms with Crippen molar-refractivity contribution in [2.75, 3.05) is 13.1 Å². The third-order valence-electron chi connectivity index (χ3n) is 5.20. The number of aromatic nitrogens is 2. The molecule has 1 aliphatic rings. The summed E-state index contributed by atoms with van der Waals surface area (Å²) in [7, 11) is 0. The Labute approximate surface area is 170 Å². The van der Waals surface area contributed by atoms with Crippen LogP contribution in [0, 0.1) is 0 Å². The summed E-state index contributed by atoms with van der Waals surface area (Å²) in [6.45, 7) is 1.58. The maximum Gasteiger partial charge on any atom is 0.328 e. The van der Waals surface area contributed by atoms with Gasteiger partial charge in [0.2, 0.25) is 5.91 Å². The first-order valence-corrected chi connectivity index (χ1v) is 9.87. The number of benzene rings is 1. The average molecular weight is 409 g/mol. The number of rotatable bonds is 7. The van der Waals surface area contributed by atoms with E-state index in [2.05, 4.69) is 15.6 Å². The molecule has 1 aromatic carbocycles. The quantitative estimate of drug-likeness (QED) is 0.481. The summed E-state index contributed by atoms with van der Waals surface area (Å²) in [6, 6.07) is 7.48. The number of para-hydroxylation sites is 1. The van der Waals surface area contributed by atoms with E-state index in [1.54, 1.807) is 24.3 Å². The fourth-order valence-corrected chi connectivity index (χ4v) is 3.73. The third kappa shape index (κ3) is 5.94. The minimum atomic E-state index is -0.485. The van der Waals surface area contributed by atoms with Gasteiger partial charge >= 0.3 is 5.69 Å². The molecule has 2 aromatic rings. The zero-order chi connectivity index (χ0) is 19.1. The van der Waals surface area contributed by atoms with Crippen LogP contribution in [-0.4, -0.2) is 34.6 Å². The Morgan fingerprint density at radius 2 is 1.79 bits per heavy atom. The van der Waals surface area contributed by atoms with Crippen molar-refractivity contribution in [3.8, 4) is 0 Å². The maximum absolute atomic E-state index is 12.1. The average Bonchev–Trinajstić information content (AvgIpc) is 2.94. The molecule has 1 fully saturated rings. The van der Waals surface area contributed by atoms with Gasteiger partial charge < -0.3 is 10.6 Å². The highest BCUT2D eigenvalue weighted by molar-refractivity contribution is 5.85. The molecule has 1 saturated carbocycles. The van der Waals surface area contributed by atoms with E-state index in [0.29, 0.717) is 23.5 Å². The number of hydrogen-bond donors (Lipinski definition) is 3. The monoisotopic (exact) mass is 408 g/mol. The Morgan fingerprint density at radius 1 is 1.07 bits per heavy atom.